The van der Waals surface area contributed by atoms with Crippen molar-refractivity contribution in [3.63, 3.8) is 0 Å². The topological polar surface area (TPSA) is 27.8 Å². The van der Waals surface area contributed by atoms with E-state index in [0.717, 1.165) is 6.54 Å². The molecule has 1 rings (SSSR count). The quantitative estimate of drug-likeness (QED) is 0.595. The first-order chi connectivity index (χ1) is 5.11. The number of rotatable bonds is 4. The summed E-state index contributed by atoms with van der Waals surface area (Å²) in [5.41, 5.74) is 0. The molecule has 1 aliphatic heterocycles. The van der Waals surface area contributed by atoms with Gasteiger partial charge in [-0.25, -0.2) is 0 Å². The zero-order chi connectivity index (χ0) is 8.43. The van der Waals surface area contributed by atoms with Gasteiger partial charge < -0.3 is 10.1 Å². The van der Waals surface area contributed by atoms with E-state index in [1.54, 1.807) is 0 Å². The molecule has 2 atom stereocenters. The van der Waals surface area contributed by atoms with Gasteiger partial charge in [0.25, 0.3) is 0 Å². The van der Waals surface area contributed by atoms with Crippen molar-refractivity contribution < 1.29 is 4.74 Å². The van der Waals surface area contributed by atoms with E-state index in [4.69, 9.17) is 4.74 Å². The van der Waals surface area contributed by atoms with Crippen LogP contribution in [-0.2, 0) is 4.74 Å². The second-order valence-corrected chi connectivity index (χ2v) is 3.59. The molecule has 0 radical (unpaired) electrons. The van der Waals surface area contributed by atoms with Crippen LogP contribution in [0.5, 0.6) is 0 Å². The molecule has 1 N–H and O–H groups in total. The van der Waals surface area contributed by atoms with Crippen LogP contribution in [0.2, 0.25) is 0 Å². The molecule has 3 nitrogen and oxygen atoms in total. The summed E-state index contributed by atoms with van der Waals surface area (Å²) in [4.78, 5) is 2.10. The molecule has 1 aliphatic rings. The second kappa shape index (κ2) is 3.52. The molecule has 0 bridgehead atoms. The summed E-state index contributed by atoms with van der Waals surface area (Å²) in [6.07, 6.45) is 0.758. The Bertz CT molecular complexity index is 125. The third-order valence-electron chi connectivity index (χ3n) is 1.79. The summed E-state index contributed by atoms with van der Waals surface area (Å²) >= 11 is 0. The zero-order valence-electron chi connectivity index (χ0n) is 7.79. The molecule has 1 fully saturated rings. The monoisotopic (exact) mass is 158 g/mol. The lowest BCUT2D eigenvalue weighted by molar-refractivity contribution is 0.244. The molecule has 3 heteroatoms. The Morgan fingerprint density at radius 2 is 2.09 bits per heavy atom. The van der Waals surface area contributed by atoms with Crippen LogP contribution in [0.15, 0.2) is 0 Å². The highest BCUT2D eigenvalue weighted by molar-refractivity contribution is 4.84. The normalized spacial score (nSPS) is 30.0. The van der Waals surface area contributed by atoms with Gasteiger partial charge in [-0.05, 0) is 14.1 Å². The number of ether oxygens (including phenoxy) is 1. The van der Waals surface area contributed by atoms with Crippen LogP contribution >= 0.6 is 0 Å². The Morgan fingerprint density at radius 3 is 2.45 bits per heavy atom. The third-order valence-corrected chi connectivity index (χ3v) is 1.79. The lowest BCUT2D eigenvalue weighted by Gasteiger charge is -2.06. The number of likely N-dealkylation sites (N-methyl/N-ethyl adjacent to an activating group) is 1. The van der Waals surface area contributed by atoms with Crippen molar-refractivity contribution in [1.29, 1.82) is 0 Å². The van der Waals surface area contributed by atoms with Gasteiger partial charge in [-0.3, -0.25) is 4.90 Å². The SMILES string of the molecule is CC(C)NCC1OC1N(C)C. The lowest BCUT2D eigenvalue weighted by atomic mass is 10.3. The van der Waals surface area contributed by atoms with Crippen LogP contribution in [-0.4, -0.2) is 43.9 Å². The van der Waals surface area contributed by atoms with Crippen LogP contribution in [0.4, 0.5) is 0 Å². The van der Waals surface area contributed by atoms with E-state index in [-0.39, 0.29) is 0 Å². The Morgan fingerprint density at radius 1 is 1.45 bits per heavy atom. The summed E-state index contributed by atoms with van der Waals surface area (Å²) in [5, 5.41) is 3.34. The van der Waals surface area contributed by atoms with E-state index >= 15 is 0 Å². The first kappa shape index (κ1) is 8.97. The Labute approximate surface area is 68.7 Å². The molecule has 0 aromatic carbocycles. The van der Waals surface area contributed by atoms with Crippen LogP contribution in [0, 0.1) is 0 Å². The summed E-state index contributed by atoms with van der Waals surface area (Å²) in [6.45, 7) is 5.26. The van der Waals surface area contributed by atoms with Gasteiger partial charge in [0, 0.05) is 12.6 Å². The minimum atomic E-state index is 0.348. The fourth-order valence-electron chi connectivity index (χ4n) is 1.09. The van der Waals surface area contributed by atoms with Gasteiger partial charge in [-0.15, -0.1) is 0 Å². The Hall–Kier alpha value is -0.120. The van der Waals surface area contributed by atoms with Crippen molar-refractivity contribution in [2.24, 2.45) is 0 Å². The predicted molar refractivity (Wildman–Crippen MR) is 45.5 cm³/mol. The summed E-state index contributed by atoms with van der Waals surface area (Å²) in [5.74, 6) is 0. The molecule has 0 spiro atoms. The molecule has 0 aliphatic carbocycles. The van der Waals surface area contributed by atoms with Gasteiger partial charge in [0.15, 0.2) is 0 Å². The fraction of sp³-hybridized carbons (Fsp3) is 1.00. The van der Waals surface area contributed by atoms with Crippen molar-refractivity contribution >= 4 is 0 Å². The smallest absolute Gasteiger partial charge is 0.138 e. The lowest BCUT2D eigenvalue weighted by Crippen LogP contribution is -2.30. The molecule has 0 saturated carbocycles. The van der Waals surface area contributed by atoms with Crippen molar-refractivity contribution in [1.82, 2.24) is 10.2 Å². The average Bonchev–Trinajstić information content (AvgIpc) is 2.61. The zero-order valence-corrected chi connectivity index (χ0v) is 7.79. The molecule has 0 aromatic heterocycles. The van der Waals surface area contributed by atoms with Crippen molar-refractivity contribution in [3.05, 3.63) is 0 Å². The van der Waals surface area contributed by atoms with E-state index in [1.807, 2.05) is 14.1 Å². The summed E-state index contributed by atoms with van der Waals surface area (Å²) < 4.78 is 5.39. The number of hydrogen-bond donors (Lipinski definition) is 1. The highest BCUT2D eigenvalue weighted by Gasteiger charge is 2.40. The van der Waals surface area contributed by atoms with E-state index in [0.29, 0.717) is 18.4 Å². The largest absolute Gasteiger partial charge is 0.352 e. The minimum Gasteiger partial charge on any atom is -0.352 e. The number of hydrogen-bond acceptors (Lipinski definition) is 3. The van der Waals surface area contributed by atoms with Gasteiger partial charge in [0.1, 0.15) is 12.3 Å². The molecule has 1 saturated heterocycles. The average molecular weight is 158 g/mol. The van der Waals surface area contributed by atoms with Gasteiger partial charge >= 0.3 is 0 Å². The molecule has 0 amide bonds. The molecular formula is C8H18N2O. The molecule has 1 heterocycles. The molecule has 11 heavy (non-hydrogen) atoms. The second-order valence-electron chi connectivity index (χ2n) is 3.59. The first-order valence-electron chi connectivity index (χ1n) is 4.16. The predicted octanol–water partition coefficient (Wildman–Crippen LogP) is 0.271. The third kappa shape index (κ3) is 2.77. The molecular weight excluding hydrogens is 140 g/mol. The van der Waals surface area contributed by atoms with Crippen molar-refractivity contribution in [2.75, 3.05) is 20.6 Å². The highest BCUT2D eigenvalue weighted by Crippen LogP contribution is 2.22. The fourth-order valence-corrected chi connectivity index (χ4v) is 1.09. The van der Waals surface area contributed by atoms with Crippen molar-refractivity contribution in [2.45, 2.75) is 32.2 Å². The van der Waals surface area contributed by atoms with Crippen LogP contribution in [0.1, 0.15) is 13.8 Å². The van der Waals surface area contributed by atoms with Gasteiger partial charge in [-0.2, -0.15) is 0 Å². The minimum absolute atomic E-state index is 0.348. The standard InChI is InChI=1S/C8H18N2O/c1-6(2)9-5-7-8(11-7)10(3)4/h6-9H,5H2,1-4H3. The molecule has 0 aromatic rings. The van der Waals surface area contributed by atoms with Crippen LogP contribution in [0.25, 0.3) is 0 Å². The summed E-state index contributed by atoms with van der Waals surface area (Å²) in [6, 6.07) is 0.557. The maximum atomic E-state index is 5.39. The first-order valence-corrected chi connectivity index (χ1v) is 4.16. The summed E-state index contributed by atoms with van der Waals surface area (Å²) in [7, 11) is 4.08. The molecule has 66 valence electrons. The van der Waals surface area contributed by atoms with Crippen LogP contribution < -0.4 is 5.32 Å². The van der Waals surface area contributed by atoms with E-state index in [2.05, 4.69) is 24.1 Å². The number of epoxide rings is 1. The maximum Gasteiger partial charge on any atom is 0.138 e. The number of nitrogens with zero attached hydrogens (tertiary/aromatic N) is 1. The van der Waals surface area contributed by atoms with Gasteiger partial charge in [-0.1, -0.05) is 13.8 Å². The number of nitrogens with one attached hydrogen (secondary N) is 1. The Kier molecular flexibility index (Phi) is 2.87. The van der Waals surface area contributed by atoms with Gasteiger partial charge in [0.2, 0.25) is 0 Å². The van der Waals surface area contributed by atoms with E-state index in [1.165, 1.54) is 0 Å². The van der Waals surface area contributed by atoms with E-state index < -0.39 is 0 Å². The van der Waals surface area contributed by atoms with E-state index in [9.17, 15) is 0 Å². The Balaban J connectivity index is 2.04. The molecule has 2 unspecified atom stereocenters. The van der Waals surface area contributed by atoms with Crippen molar-refractivity contribution in [3.8, 4) is 0 Å². The van der Waals surface area contributed by atoms with Gasteiger partial charge in [0.05, 0.1) is 0 Å². The highest BCUT2D eigenvalue weighted by atomic mass is 16.6. The maximum absolute atomic E-state index is 5.39. The van der Waals surface area contributed by atoms with Crippen LogP contribution in [0.3, 0.4) is 0 Å².